The minimum atomic E-state index is -0.750. The molecule has 0 unspecified atom stereocenters. The van der Waals surface area contributed by atoms with E-state index in [-0.39, 0.29) is 11.2 Å². The molecule has 2 aromatic rings. The van der Waals surface area contributed by atoms with Gasteiger partial charge in [0.1, 0.15) is 0 Å². The standard InChI is InChI=1S/C20H22BO2P/c1-19(2)20(3,4)23-21(22-19)15-16-24(17-11-7-5-8-12-17)18-13-9-6-10-14-18/h5-14H,1-4H3. The van der Waals surface area contributed by atoms with Gasteiger partial charge >= 0.3 is 7.12 Å². The molecule has 0 amide bonds. The van der Waals surface area contributed by atoms with E-state index < -0.39 is 15.0 Å². The van der Waals surface area contributed by atoms with Crippen LogP contribution in [0.1, 0.15) is 27.7 Å². The van der Waals surface area contributed by atoms with E-state index in [1.54, 1.807) is 0 Å². The fourth-order valence-electron chi connectivity index (χ4n) is 2.45. The van der Waals surface area contributed by atoms with Crippen molar-refractivity contribution in [1.82, 2.24) is 0 Å². The van der Waals surface area contributed by atoms with Crippen molar-refractivity contribution in [3.05, 3.63) is 60.7 Å². The monoisotopic (exact) mass is 336 g/mol. The maximum Gasteiger partial charge on any atom is 0.551 e. The maximum atomic E-state index is 6.00. The molecule has 0 atom stereocenters. The Labute approximate surface area is 146 Å². The number of rotatable bonds is 2. The smallest absolute Gasteiger partial charge is 0.392 e. The minimum Gasteiger partial charge on any atom is -0.392 e. The number of benzene rings is 2. The van der Waals surface area contributed by atoms with Crippen molar-refractivity contribution < 1.29 is 9.31 Å². The zero-order valence-corrected chi connectivity index (χ0v) is 15.5. The average Bonchev–Trinajstić information content (AvgIpc) is 2.77. The minimum absolute atomic E-state index is 0.353. The Hall–Kier alpha value is -1.59. The van der Waals surface area contributed by atoms with Crippen LogP contribution < -0.4 is 10.6 Å². The Kier molecular flexibility index (Phi) is 4.84. The lowest BCUT2D eigenvalue weighted by molar-refractivity contribution is 0.00578. The third-order valence-electron chi connectivity index (χ3n) is 4.58. The van der Waals surface area contributed by atoms with Crippen LogP contribution in [0.3, 0.4) is 0 Å². The van der Waals surface area contributed by atoms with Crippen molar-refractivity contribution in [3.8, 4) is 11.5 Å². The van der Waals surface area contributed by atoms with E-state index in [0.717, 1.165) is 0 Å². The van der Waals surface area contributed by atoms with Gasteiger partial charge in [-0.2, -0.15) is 0 Å². The summed E-state index contributed by atoms with van der Waals surface area (Å²) in [5.74, 6) is 3.22. The van der Waals surface area contributed by atoms with Crippen molar-refractivity contribution in [2.75, 3.05) is 0 Å². The summed E-state index contributed by atoms with van der Waals surface area (Å²) >= 11 is 0. The highest BCUT2D eigenvalue weighted by atomic mass is 31.1. The van der Waals surface area contributed by atoms with Gasteiger partial charge in [0.2, 0.25) is 0 Å². The van der Waals surface area contributed by atoms with Crippen LogP contribution in [-0.2, 0) is 9.31 Å². The molecular formula is C20H22BO2P. The lowest BCUT2D eigenvalue weighted by Gasteiger charge is -2.32. The molecule has 2 aromatic carbocycles. The van der Waals surface area contributed by atoms with E-state index in [0.29, 0.717) is 0 Å². The van der Waals surface area contributed by atoms with Crippen LogP contribution in [0.15, 0.2) is 60.7 Å². The molecule has 1 fully saturated rings. The topological polar surface area (TPSA) is 18.5 Å². The molecule has 0 aliphatic carbocycles. The molecule has 1 heterocycles. The molecule has 0 bridgehead atoms. The fraction of sp³-hybridized carbons (Fsp3) is 0.300. The molecule has 24 heavy (non-hydrogen) atoms. The van der Waals surface area contributed by atoms with Crippen LogP contribution in [0.2, 0.25) is 0 Å². The summed E-state index contributed by atoms with van der Waals surface area (Å²) in [7, 11) is -1.23. The summed E-state index contributed by atoms with van der Waals surface area (Å²) in [5.41, 5.74) is 2.73. The van der Waals surface area contributed by atoms with E-state index in [4.69, 9.17) is 9.31 Å². The molecule has 4 heteroatoms. The summed E-state index contributed by atoms with van der Waals surface area (Å²) in [6.45, 7) is 8.19. The first kappa shape index (κ1) is 17.2. The third-order valence-corrected chi connectivity index (χ3v) is 6.56. The molecule has 0 spiro atoms. The van der Waals surface area contributed by atoms with E-state index >= 15 is 0 Å². The highest BCUT2D eigenvalue weighted by Crippen LogP contribution is 2.37. The Morgan fingerprint density at radius 1 is 0.750 bits per heavy atom. The van der Waals surface area contributed by atoms with Gasteiger partial charge in [0.25, 0.3) is 0 Å². The molecule has 2 nitrogen and oxygen atoms in total. The van der Waals surface area contributed by atoms with E-state index in [9.17, 15) is 0 Å². The third kappa shape index (κ3) is 3.57. The van der Waals surface area contributed by atoms with Crippen molar-refractivity contribution in [2.24, 2.45) is 0 Å². The Morgan fingerprint density at radius 3 is 1.58 bits per heavy atom. The highest BCUT2D eigenvalue weighted by molar-refractivity contribution is 7.77. The SMILES string of the molecule is CC1(C)OB(C#CP(c2ccccc2)c2ccccc2)OC1(C)C. The van der Waals surface area contributed by atoms with Gasteiger partial charge in [-0.25, -0.2) is 0 Å². The number of hydrogen-bond acceptors (Lipinski definition) is 2. The van der Waals surface area contributed by atoms with Crippen LogP contribution in [0.25, 0.3) is 0 Å². The van der Waals surface area contributed by atoms with Gasteiger partial charge in [-0.1, -0.05) is 72.1 Å². The molecule has 1 saturated heterocycles. The summed E-state index contributed by atoms with van der Waals surface area (Å²) < 4.78 is 12.0. The maximum absolute atomic E-state index is 6.00. The van der Waals surface area contributed by atoms with Crippen molar-refractivity contribution >= 4 is 25.6 Å². The predicted molar refractivity (Wildman–Crippen MR) is 103 cm³/mol. The average molecular weight is 336 g/mol. The number of hydrogen-bond donors (Lipinski definition) is 0. The van der Waals surface area contributed by atoms with Crippen LogP contribution in [-0.4, -0.2) is 18.3 Å². The zero-order valence-electron chi connectivity index (χ0n) is 14.6. The quantitative estimate of drug-likeness (QED) is 0.473. The van der Waals surface area contributed by atoms with Gasteiger partial charge in [-0.05, 0) is 38.3 Å². The van der Waals surface area contributed by atoms with Crippen LogP contribution in [0, 0.1) is 11.5 Å². The lowest BCUT2D eigenvalue weighted by atomic mass is 9.90. The Morgan fingerprint density at radius 2 is 1.17 bits per heavy atom. The summed E-state index contributed by atoms with van der Waals surface area (Å²) in [6.07, 6.45) is 0. The van der Waals surface area contributed by atoms with Crippen molar-refractivity contribution in [1.29, 1.82) is 0 Å². The van der Waals surface area contributed by atoms with Gasteiger partial charge in [-0.3, -0.25) is 0 Å². The highest BCUT2D eigenvalue weighted by Gasteiger charge is 2.50. The molecule has 0 N–H and O–H groups in total. The molecular weight excluding hydrogens is 314 g/mol. The van der Waals surface area contributed by atoms with Gasteiger partial charge in [0.15, 0.2) is 0 Å². The summed E-state index contributed by atoms with van der Waals surface area (Å²) in [4.78, 5) is 0. The molecule has 1 aliphatic heterocycles. The summed E-state index contributed by atoms with van der Waals surface area (Å²) in [5, 5.41) is 2.48. The van der Waals surface area contributed by atoms with Crippen molar-refractivity contribution in [3.63, 3.8) is 0 Å². The first-order valence-electron chi connectivity index (χ1n) is 8.16. The van der Waals surface area contributed by atoms with Gasteiger partial charge in [0, 0.05) is 7.92 Å². The zero-order chi connectivity index (χ0) is 17.2. The molecule has 122 valence electrons. The van der Waals surface area contributed by atoms with Crippen LogP contribution in [0.5, 0.6) is 0 Å². The van der Waals surface area contributed by atoms with Crippen LogP contribution >= 0.6 is 7.92 Å². The molecule has 3 rings (SSSR count). The van der Waals surface area contributed by atoms with E-state index in [2.05, 4.69) is 60.0 Å². The van der Waals surface area contributed by atoms with Gasteiger partial charge < -0.3 is 9.31 Å². The Bertz CT molecular complexity index is 692. The largest absolute Gasteiger partial charge is 0.551 e. The van der Waals surface area contributed by atoms with Gasteiger partial charge in [0.05, 0.1) is 11.2 Å². The second-order valence-corrected chi connectivity index (χ2v) is 8.78. The first-order chi connectivity index (χ1) is 11.4. The Balaban J connectivity index is 1.90. The van der Waals surface area contributed by atoms with E-state index in [1.165, 1.54) is 10.6 Å². The van der Waals surface area contributed by atoms with E-state index in [1.807, 2.05) is 39.8 Å². The van der Waals surface area contributed by atoms with Crippen molar-refractivity contribution in [2.45, 2.75) is 38.9 Å². The normalized spacial score (nSPS) is 18.3. The molecule has 0 saturated carbocycles. The van der Waals surface area contributed by atoms with Crippen LogP contribution in [0.4, 0.5) is 0 Å². The second-order valence-electron chi connectivity index (χ2n) is 6.85. The second kappa shape index (κ2) is 6.73. The fourth-order valence-corrected chi connectivity index (χ4v) is 4.18. The molecule has 0 radical (unpaired) electrons. The van der Waals surface area contributed by atoms with Gasteiger partial charge in [-0.15, -0.1) is 0 Å². The first-order valence-corrected chi connectivity index (χ1v) is 9.50. The predicted octanol–water partition coefficient (Wildman–Crippen LogP) is 3.71. The lowest BCUT2D eigenvalue weighted by Crippen LogP contribution is -2.41. The molecule has 1 aliphatic rings. The summed E-state index contributed by atoms with van der Waals surface area (Å²) in [6, 6.07) is 20.8. The molecule has 0 aromatic heterocycles.